The van der Waals surface area contributed by atoms with Crippen molar-refractivity contribution in [2.24, 2.45) is 0 Å². The maximum absolute atomic E-state index is 12.3. The Morgan fingerprint density at radius 2 is 2.04 bits per heavy atom. The van der Waals surface area contributed by atoms with Crippen LogP contribution in [0, 0.1) is 13.8 Å². The molecule has 2 aromatic rings. The van der Waals surface area contributed by atoms with Gasteiger partial charge in [0, 0.05) is 24.7 Å². The highest BCUT2D eigenvalue weighted by Crippen LogP contribution is 2.34. The molecule has 1 aliphatic rings. The van der Waals surface area contributed by atoms with E-state index in [-0.39, 0.29) is 30.6 Å². The van der Waals surface area contributed by atoms with Gasteiger partial charge in [-0.15, -0.1) is 0 Å². The lowest BCUT2D eigenvalue weighted by atomic mass is 10.2. The lowest BCUT2D eigenvalue weighted by Crippen LogP contribution is -2.28. The number of nitrogens with zero attached hydrogens (tertiary/aromatic N) is 1. The molecule has 25 heavy (non-hydrogen) atoms. The van der Waals surface area contributed by atoms with E-state index in [1.165, 1.54) is 0 Å². The minimum atomic E-state index is -3.72. The summed E-state index contributed by atoms with van der Waals surface area (Å²) < 4.78 is 37.4. The monoisotopic (exact) mass is 366 g/mol. The van der Waals surface area contributed by atoms with Crippen molar-refractivity contribution in [2.75, 3.05) is 18.7 Å². The first-order valence-corrected chi connectivity index (χ1v) is 9.06. The number of carbonyl (C=O) groups is 1. The molecule has 0 spiro atoms. The van der Waals surface area contributed by atoms with Gasteiger partial charge < -0.3 is 14.8 Å². The number of ether oxygens (including phenoxy) is 2. The van der Waals surface area contributed by atoms with Crippen LogP contribution in [-0.4, -0.2) is 37.9 Å². The maximum atomic E-state index is 12.3. The van der Waals surface area contributed by atoms with E-state index in [0.717, 1.165) is 0 Å². The lowest BCUT2D eigenvalue weighted by Gasteiger charge is -2.08. The summed E-state index contributed by atoms with van der Waals surface area (Å²) in [7, 11) is -3.72. The summed E-state index contributed by atoms with van der Waals surface area (Å²) in [5, 5.41) is 9.18. The number of rotatable bonds is 6. The molecular weight excluding hydrogens is 348 g/mol. The van der Waals surface area contributed by atoms with Gasteiger partial charge in [0.1, 0.15) is 4.90 Å². The van der Waals surface area contributed by atoms with Crippen LogP contribution in [0.5, 0.6) is 11.5 Å². The molecular formula is C15H18N4O5S. The normalized spacial score (nSPS) is 13.0. The van der Waals surface area contributed by atoms with Crippen LogP contribution >= 0.6 is 0 Å². The largest absolute Gasteiger partial charge is 0.454 e. The van der Waals surface area contributed by atoms with Gasteiger partial charge in [0.25, 0.3) is 0 Å². The first kappa shape index (κ1) is 17.2. The van der Waals surface area contributed by atoms with Crippen LogP contribution in [0.1, 0.15) is 17.8 Å². The SMILES string of the molecule is Cc1n[nH]c(C)c1S(=O)(=O)NCCC(=O)Nc1ccc2c(c1)OCO2. The van der Waals surface area contributed by atoms with Gasteiger partial charge in [0.05, 0.1) is 11.4 Å². The molecule has 1 aromatic heterocycles. The number of carbonyl (C=O) groups excluding carboxylic acids is 1. The summed E-state index contributed by atoms with van der Waals surface area (Å²) in [6, 6.07) is 5.04. The van der Waals surface area contributed by atoms with Gasteiger partial charge in [0.2, 0.25) is 22.7 Å². The van der Waals surface area contributed by atoms with Gasteiger partial charge in [-0.05, 0) is 26.0 Å². The molecule has 0 saturated carbocycles. The van der Waals surface area contributed by atoms with Crippen molar-refractivity contribution < 1.29 is 22.7 Å². The second-order valence-corrected chi connectivity index (χ2v) is 7.23. The van der Waals surface area contributed by atoms with Crippen LogP contribution in [0.2, 0.25) is 0 Å². The van der Waals surface area contributed by atoms with Gasteiger partial charge in [-0.25, -0.2) is 13.1 Å². The Kier molecular flexibility index (Phi) is 4.64. The van der Waals surface area contributed by atoms with Gasteiger partial charge in [0.15, 0.2) is 11.5 Å². The van der Waals surface area contributed by atoms with E-state index in [1.54, 1.807) is 32.0 Å². The smallest absolute Gasteiger partial charge is 0.244 e. The van der Waals surface area contributed by atoms with Crippen LogP contribution in [0.15, 0.2) is 23.1 Å². The molecule has 1 aromatic carbocycles. The molecule has 1 amide bonds. The number of nitrogens with one attached hydrogen (secondary N) is 3. The molecule has 2 heterocycles. The van der Waals surface area contributed by atoms with Crippen LogP contribution in [0.3, 0.4) is 0 Å². The number of amides is 1. The molecule has 0 unspecified atom stereocenters. The summed E-state index contributed by atoms with van der Waals surface area (Å²) in [6.07, 6.45) is -0.0103. The Morgan fingerprint density at radius 3 is 2.76 bits per heavy atom. The van der Waals surface area contributed by atoms with E-state index >= 15 is 0 Å². The van der Waals surface area contributed by atoms with Gasteiger partial charge in [-0.1, -0.05) is 0 Å². The molecule has 9 nitrogen and oxygen atoms in total. The predicted molar refractivity (Wildman–Crippen MR) is 89.1 cm³/mol. The van der Waals surface area contributed by atoms with E-state index in [9.17, 15) is 13.2 Å². The summed E-state index contributed by atoms with van der Waals surface area (Å²) in [5.41, 5.74) is 1.39. The Morgan fingerprint density at radius 1 is 1.28 bits per heavy atom. The zero-order chi connectivity index (χ0) is 18.0. The number of aromatic amines is 1. The average molecular weight is 366 g/mol. The molecule has 3 rings (SSSR count). The van der Waals surface area contributed by atoms with Crippen molar-refractivity contribution >= 4 is 21.6 Å². The van der Waals surface area contributed by atoms with Crippen molar-refractivity contribution in [1.82, 2.24) is 14.9 Å². The number of fused-ring (bicyclic) bond motifs is 1. The van der Waals surface area contributed by atoms with Crippen LogP contribution < -0.4 is 19.5 Å². The van der Waals surface area contributed by atoms with Gasteiger partial charge in [-0.3, -0.25) is 9.89 Å². The summed E-state index contributed by atoms with van der Waals surface area (Å²) in [4.78, 5) is 12.1. The number of aryl methyl sites for hydroxylation is 2. The third-order valence-electron chi connectivity index (χ3n) is 3.63. The Labute approximate surface area is 144 Å². The standard InChI is InChI=1S/C15H18N4O5S/c1-9-15(10(2)19-18-9)25(21,22)16-6-5-14(20)17-11-3-4-12-13(7-11)24-8-23-12/h3-4,7,16H,5-6,8H2,1-2H3,(H,17,20)(H,18,19). The molecule has 134 valence electrons. The van der Waals surface area contributed by atoms with E-state index < -0.39 is 10.0 Å². The van der Waals surface area contributed by atoms with Crippen molar-refractivity contribution in [3.63, 3.8) is 0 Å². The highest BCUT2D eigenvalue weighted by Gasteiger charge is 2.22. The third-order valence-corrected chi connectivity index (χ3v) is 5.35. The highest BCUT2D eigenvalue weighted by molar-refractivity contribution is 7.89. The number of aromatic nitrogens is 2. The number of hydrogen-bond acceptors (Lipinski definition) is 6. The van der Waals surface area contributed by atoms with Crippen molar-refractivity contribution in [3.8, 4) is 11.5 Å². The molecule has 0 atom stereocenters. The topological polar surface area (TPSA) is 122 Å². The summed E-state index contributed by atoms with van der Waals surface area (Å²) >= 11 is 0. The van der Waals surface area contributed by atoms with Crippen molar-refractivity contribution in [2.45, 2.75) is 25.2 Å². The van der Waals surface area contributed by atoms with Crippen molar-refractivity contribution in [1.29, 1.82) is 0 Å². The molecule has 10 heteroatoms. The quantitative estimate of drug-likeness (QED) is 0.703. The minimum absolute atomic E-state index is 0.0103. The molecule has 0 radical (unpaired) electrons. The van der Waals surface area contributed by atoms with E-state index in [1.807, 2.05) is 0 Å². The van der Waals surface area contributed by atoms with Crippen LogP contribution in [0.25, 0.3) is 0 Å². The average Bonchev–Trinajstić information content (AvgIpc) is 3.13. The van der Waals surface area contributed by atoms with Crippen molar-refractivity contribution in [3.05, 3.63) is 29.6 Å². The number of benzene rings is 1. The summed E-state index contributed by atoms with van der Waals surface area (Å²) in [5.74, 6) is 0.864. The Bertz CT molecular complexity index is 887. The molecule has 0 fully saturated rings. The second-order valence-electron chi connectivity index (χ2n) is 5.53. The van der Waals surface area contributed by atoms with Crippen LogP contribution in [-0.2, 0) is 14.8 Å². The Balaban J connectivity index is 1.54. The fourth-order valence-electron chi connectivity index (χ4n) is 2.51. The zero-order valence-electron chi connectivity index (χ0n) is 13.8. The number of H-pyrrole nitrogens is 1. The first-order chi connectivity index (χ1) is 11.9. The van der Waals surface area contributed by atoms with Crippen LogP contribution in [0.4, 0.5) is 5.69 Å². The fraction of sp³-hybridized carbons (Fsp3) is 0.333. The highest BCUT2D eigenvalue weighted by atomic mass is 32.2. The van der Waals surface area contributed by atoms with E-state index in [2.05, 4.69) is 20.2 Å². The second kappa shape index (κ2) is 6.73. The van der Waals surface area contributed by atoms with Gasteiger partial charge >= 0.3 is 0 Å². The molecule has 3 N–H and O–H groups in total. The number of sulfonamides is 1. The third kappa shape index (κ3) is 3.74. The maximum Gasteiger partial charge on any atom is 0.244 e. The predicted octanol–water partition coefficient (Wildman–Crippen LogP) is 1.06. The lowest BCUT2D eigenvalue weighted by molar-refractivity contribution is -0.116. The van der Waals surface area contributed by atoms with E-state index in [0.29, 0.717) is 28.6 Å². The Hall–Kier alpha value is -2.59. The fourth-order valence-corrected chi connectivity index (χ4v) is 3.90. The molecule has 0 saturated heterocycles. The zero-order valence-corrected chi connectivity index (χ0v) is 14.6. The molecule has 1 aliphatic heterocycles. The molecule has 0 aliphatic carbocycles. The summed E-state index contributed by atoms with van der Waals surface area (Å²) in [6.45, 7) is 3.36. The van der Waals surface area contributed by atoms with Gasteiger partial charge in [-0.2, -0.15) is 5.10 Å². The number of hydrogen-bond donors (Lipinski definition) is 3. The number of anilines is 1. The molecule has 0 bridgehead atoms. The van der Waals surface area contributed by atoms with E-state index in [4.69, 9.17) is 9.47 Å². The minimum Gasteiger partial charge on any atom is -0.454 e. The first-order valence-electron chi connectivity index (χ1n) is 7.57.